The van der Waals surface area contributed by atoms with E-state index < -0.39 is 0 Å². The molecule has 0 spiro atoms. The fourth-order valence-electron chi connectivity index (χ4n) is 1.60. The highest BCUT2D eigenvalue weighted by Gasteiger charge is 2.10. The van der Waals surface area contributed by atoms with Crippen molar-refractivity contribution in [3.8, 4) is 0 Å². The first-order valence-corrected chi connectivity index (χ1v) is 6.54. The van der Waals surface area contributed by atoms with Crippen LogP contribution in [0.1, 0.15) is 25.8 Å². The fourth-order valence-corrected chi connectivity index (χ4v) is 1.82. The lowest BCUT2D eigenvalue weighted by Gasteiger charge is -2.26. The minimum absolute atomic E-state index is 0.472. The van der Waals surface area contributed by atoms with E-state index in [-0.39, 0.29) is 0 Å². The van der Waals surface area contributed by atoms with Gasteiger partial charge in [-0.1, -0.05) is 36.0 Å². The maximum atomic E-state index is 5.87. The Labute approximate surface area is 114 Å². The summed E-state index contributed by atoms with van der Waals surface area (Å²) in [5, 5.41) is 0.771. The Morgan fingerprint density at radius 3 is 2.41 bits per heavy atom. The van der Waals surface area contributed by atoms with Gasteiger partial charge in [-0.3, -0.25) is 4.90 Å². The highest BCUT2D eigenvalue weighted by atomic mass is 35.5. The van der Waals surface area contributed by atoms with E-state index in [1.54, 1.807) is 0 Å². The second-order valence-corrected chi connectivity index (χ2v) is 5.37. The van der Waals surface area contributed by atoms with Gasteiger partial charge in [0, 0.05) is 30.6 Å². The zero-order valence-corrected chi connectivity index (χ0v) is 11.9. The van der Waals surface area contributed by atoms with Crippen molar-refractivity contribution in [2.45, 2.75) is 32.9 Å². The number of halogens is 1. The Balaban J connectivity index is 2.60. The summed E-state index contributed by atoms with van der Waals surface area (Å²) in [5.41, 5.74) is 6.80. The second-order valence-electron chi connectivity index (χ2n) is 4.41. The van der Waals surface area contributed by atoms with Crippen molar-refractivity contribution >= 4 is 28.8 Å². The highest BCUT2D eigenvalue weighted by molar-refractivity contribution is 7.80. The Kier molecular flexibility index (Phi) is 5.89. The van der Waals surface area contributed by atoms with Crippen LogP contribution in [0.15, 0.2) is 24.3 Å². The summed E-state index contributed by atoms with van der Waals surface area (Å²) < 4.78 is 0. The van der Waals surface area contributed by atoms with Gasteiger partial charge in [0.25, 0.3) is 0 Å². The maximum absolute atomic E-state index is 5.87. The Bertz CT molecular complexity index is 362. The first-order chi connectivity index (χ1) is 7.99. The third-order valence-corrected chi connectivity index (χ3v) is 3.13. The summed E-state index contributed by atoms with van der Waals surface area (Å²) in [6, 6.07) is 8.42. The predicted octanol–water partition coefficient (Wildman–Crippen LogP) is 3.23. The van der Waals surface area contributed by atoms with Crippen LogP contribution in [0.2, 0.25) is 5.02 Å². The number of hydrogen-bond donors (Lipinski definition) is 1. The molecule has 17 heavy (non-hydrogen) atoms. The SMILES string of the molecule is CC(C)N(CCC(N)=S)Cc1ccc(Cl)cc1. The van der Waals surface area contributed by atoms with Crippen LogP contribution >= 0.6 is 23.8 Å². The molecule has 2 nitrogen and oxygen atoms in total. The molecule has 0 heterocycles. The molecule has 0 aliphatic rings. The second kappa shape index (κ2) is 6.94. The lowest BCUT2D eigenvalue weighted by atomic mass is 10.2. The van der Waals surface area contributed by atoms with E-state index in [0.29, 0.717) is 11.0 Å². The van der Waals surface area contributed by atoms with Crippen molar-refractivity contribution in [2.75, 3.05) is 6.54 Å². The van der Waals surface area contributed by atoms with Crippen LogP contribution in [-0.4, -0.2) is 22.5 Å². The molecule has 1 aromatic carbocycles. The summed E-state index contributed by atoms with van der Waals surface area (Å²) in [4.78, 5) is 2.93. The highest BCUT2D eigenvalue weighted by Crippen LogP contribution is 2.13. The van der Waals surface area contributed by atoms with Crippen molar-refractivity contribution in [2.24, 2.45) is 5.73 Å². The minimum atomic E-state index is 0.472. The van der Waals surface area contributed by atoms with E-state index in [4.69, 9.17) is 29.6 Å². The summed E-state index contributed by atoms with van der Waals surface area (Å²) in [7, 11) is 0. The number of benzene rings is 1. The maximum Gasteiger partial charge on any atom is 0.0740 e. The molecule has 2 N–H and O–H groups in total. The summed E-state index contributed by atoms with van der Waals surface area (Å²) in [6.45, 7) is 6.15. The van der Waals surface area contributed by atoms with Crippen molar-refractivity contribution in [3.05, 3.63) is 34.9 Å². The quantitative estimate of drug-likeness (QED) is 0.805. The van der Waals surface area contributed by atoms with Crippen LogP contribution in [0.4, 0.5) is 0 Å². The number of nitrogens with zero attached hydrogens (tertiary/aromatic N) is 1. The molecule has 1 aromatic rings. The molecule has 0 saturated heterocycles. The Morgan fingerprint density at radius 1 is 1.35 bits per heavy atom. The molecule has 0 aliphatic heterocycles. The van der Waals surface area contributed by atoms with Gasteiger partial charge in [0.2, 0.25) is 0 Å². The molecule has 0 atom stereocenters. The van der Waals surface area contributed by atoms with Crippen LogP contribution < -0.4 is 5.73 Å². The molecule has 94 valence electrons. The zero-order valence-electron chi connectivity index (χ0n) is 10.3. The van der Waals surface area contributed by atoms with E-state index in [9.17, 15) is 0 Å². The van der Waals surface area contributed by atoms with Gasteiger partial charge in [0.15, 0.2) is 0 Å². The number of hydrogen-bond acceptors (Lipinski definition) is 2. The van der Waals surface area contributed by atoms with Crippen molar-refractivity contribution in [1.29, 1.82) is 0 Å². The average Bonchev–Trinajstić information content (AvgIpc) is 2.26. The molecule has 0 radical (unpaired) electrons. The van der Waals surface area contributed by atoms with Crippen molar-refractivity contribution in [3.63, 3.8) is 0 Å². The lowest BCUT2D eigenvalue weighted by Crippen LogP contribution is -2.33. The molecule has 1 rings (SSSR count). The van der Waals surface area contributed by atoms with Gasteiger partial charge in [0.1, 0.15) is 0 Å². The van der Waals surface area contributed by atoms with Gasteiger partial charge in [-0.25, -0.2) is 0 Å². The van der Waals surface area contributed by atoms with E-state index >= 15 is 0 Å². The third kappa shape index (κ3) is 5.48. The fraction of sp³-hybridized carbons (Fsp3) is 0.462. The van der Waals surface area contributed by atoms with E-state index in [1.807, 2.05) is 12.1 Å². The standard InChI is InChI=1S/C13H19ClN2S/c1-10(2)16(8-7-13(15)17)9-11-3-5-12(14)6-4-11/h3-6,10H,7-9H2,1-2H3,(H2,15,17). The lowest BCUT2D eigenvalue weighted by molar-refractivity contribution is 0.219. The van der Waals surface area contributed by atoms with Gasteiger partial charge < -0.3 is 5.73 Å². The molecular weight excluding hydrogens is 252 g/mol. The summed E-state index contributed by atoms with van der Waals surface area (Å²) >= 11 is 10.8. The number of nitrogens with two attached hydrogens (primary N) is 1. The molecule has 0 aromatic heterocycles. The number of thiocarbonyl (C=S) groups is 1. The van der Waals surface area contributed by atoms with Crippen LogP contribution in [0, 0.1) is 0 Å². The minimum Gasteiger partial charge on any atom is -0.393 e. The van der Waals surface area contributed by atoms with Gasteiger partial charge in [-0.05, 0) is 31.5 Å². The summed E-state index contributed by atoms with van der Waals surface area (Å²) in [5.74, 6) is 0. The molecule has 0 unspecified atom stereocenters. The van der Waals surface area contributed by atoms with Crippen LogP contribution in [0.3, 0.4) is 0 Å². The first-order valence-electron chi connectivity index (χ1n) is 5.76. The molecular formula is C13H19ClN2S. The van der Waals surface area contributed by atoms with E-state index in [0.717, 1.165) is 24.5 Å². The Hall–Kier alpha value is -0.640. The molecule has 0 saturated carbocycles. The van der Waals surface area contributed by atoms with Gasteiger partial charge in [-0.2, -0.15) is 0 Å². The van der Waals surface area contributed by atoms with Gasteiger partial charge in [-0.15, -0.1) is 0 Å². The first kappa shape index (κ1) is 14.4. The van der Waals surface area contributed by atoms with Gasteiger partial charge in [0.05, 0.1) is 4.99 Å². The largest absolute Gasteiger partial charge is 0.393 e. The van der Waals surface area contributed by atoms with E-state index in [1.165, 1.54) is 5.56 Å². The zero-order chi connectivity index (χ0) is 12.8. The monoisotopic (exact) mass is 270 g/mol. The average molecular weight is 271 g/mol. The molecule has 0 aliphatic carbocycles. The smallest absolute Gasteiger partial charge is 0.0740 e. The van der Waals surface area contributed by atoms with E-state index in [2.05, 4.69) is 30.9 Å². The molecule has 0 fully saturated rings. The van der Waals surface area contributed by atoms with Crippen LogP contribution in [0.5, 0.6) is 0 Å². The van der Waals surface area contributed by atoms with Gasteiger partial charge >= 0.3 is 0 Å². The Morgan fingerprint density at radius 2 is 1.94 bits per heavy atom. The van der Waals surface area contributed by atoms with Crippen molar-refractivity contribution in [1.82, 2.24) is 4.90 Å². The van der Waals surface area contributed by atoms with Crippen LogP contribution in [0.25, 0.3) is 0 Å². The van der Waals surface area contributed by atoms with Crippen molar-refractivity contribution < 1.29 is 0 Å². The summed E-state index contributed by atoms with van der Waals surface area (Å²) in [6.07, 6.45) is 0.765. The molecule has 0 amide bonds. The third-order valence-electron chi connectivity index (χ3n) is 2.67. The van der Waals surface area contributed by atoms with Crippen LogP contribution in [-0.2, 0) is 6.54 Å². The number of rotatable bonds is 6. The normalized spacial score (nSPS) is 11.1. The predicted molar refractivity (Wildman–Crippen MR) is 78.4 cm³/mol. The molecule has 4 heteroatoms. The topological polar surface area (TPSA) is 29.3 Å². The molecule has 0 bridgehead atoms.